The van der Waals surface area contributed by atoms with E-state index >= 15 is 0 Å². The number of fused-ring (bicyclic) bond motifs is 1. The van der Waals surface area contributed by atoms with E-state index in [0.717, 1.165) is 17.0 Å². The number of hydrogen-bond acceptors (Lipinski definition) is 9. The summed E-state index contributed by atoms with van der Waals surface area (Å²) >= 11 is 7.25. The fourth-order valence-corrected chi connectivity index (χ4v) is 6.77. The van der Waals surface area contributed by atoms with Crippen LogP contribution in [0.3, 0.4) is 0 Å². The Balaban J connectivity index is 1.37. The van der Waals surface area contributed by atoms with E-state index in [4.69, 9.17) is 11.6 Å². The minimum atomic E-state index is -3.84. The quantitative estimate of drug-likeness (QED) is 0.199. The van der Waals surface area contributed by atoms with Gasteiger partial charge in [0.15, 0.2) is 4.47 Å². The van der Waals surface area contributed by atoms with E-state index in [9.17, 15) is 28.4 Å². The number of aromatic nitrogens is 3. The van der Waals surface area contributed by atoms with E-state index < -0.39 is 14.9 Å². The van der Waals surface area contributed by atoms with Crippen molar-refractivity contribution in [2.75, 3.05) is 26.2 Å². The Morgan fingerprint density at radius 1 is 1.13 bits per heavy atom. The molecule has 4 aromatic rings. The third kappa shape index (κ3) is 5.00. The third-order valence-corrected chi connectivity index (χ3v) is 9.37. The van der Waals surface area contributed by atoms with Crippen LogP contribution in [0.15, 0.2) is 64.5 Å². The van der Waals surface area contributed by atoms with E-state index in [0.29, 0.717) is 23.2 Å². The summed E-state index contributed by atoms with van der Waals surface area (Å²) in [5.41, 5.74) is 0.141. The third-order valence-electron chi connectivity index (χ3n) is 6.36. The molecule has 0 atom stereocenters. The maximum absolute atomic E-state index is 13.3. The Labute approximate surface area is 225 Å². The number of nitro groups is 1. The van der Waals surface area contributed by atoms with Crippen molar-refractivity contribution in [1.82, 2.24) is 18.6 Å². The van der Waals surface area contributed by atoms with Crippen LogP contribution in [-0.4, -0.2) is 63.2 Å². The number of nitrogens with zero attached hydrogens (tertiary/aromatic N) is 6. The Morgan fingerprint density at radius 3 is 2.47 bits per heavy atom. The van der Waals surface area contributed by atoms with Crippen LogP contribution < -0.4 is 10.1 Å². The van der Waals surface area contributed by atoms with Crippen molar-refractivity contribution < 1.29 is 23.0 Å². The summed E-state index contributed by atoms with van der Waals surface area (Å²) in [6, 6.07) is 10.0. The zero-order chi connectivity index (χ0) is 27.0. The van der Waals surface area contributed by atoms with E-state index in [1.54, 1.807) is 35.2 Å². The number of pyridine rings is 1. The highest BCUT2D eigenvalue weighted by atomic mass is 35.5. The van der Waals surface area contributed by atoms with Crippen molar-refractivity contribution in [1.29, 1.82) is 0 Å². The van der Waals surface area contributed by atoms with Crippen LogP contribution in [0.1, 0.15) is 10.4 Å². The maximum atomic E-state index is 13.3. The molecule has 3 aromatic heterocycles. The van der Waals surface area contributed by atoms with Gasteiger partial charge in [-0.25, -0.2) is 18.2 Å². The molecule has 0 aliphatic carbocycles. The molecule has 0 radical (unpaired) electrons. The Kier molecular flexibility index (Phi) is 7.15. The van der Waals surface area contributed by atoms with Gasteiger partial charge in [-0.15, -0.1) is 11.3 Å². The number of benzene rings is 1. The van der Waals surface area contributed by atoms with Gasteiger partial charge in [-0.1, -0.05) is 17.7 Å². The smallest absolute Gasteiger partial charge is 0.350 e. The second kappa shape index (κ2) is 10.4. The number of sulfonamides is 1. The summed E-state index contributed by atoms with van der Waals surface area (Å²) in [5.74, 6) is -0.174. The van der Waals surface area contributed by atoms with Crippen LogP contribution in [-0.2, 0) is 23.1 Å². The lowest BCUT2D eigenvalue weighted by atomic mass is 10.2. The molecule has 198 valence electrons. The SMILES string of the molecule is O=c1c(CN2CCN(S(=O)(=O)c3ccc([N+](=O)[O-])cc3)CC2)c(O)[n+](Cc2cnc(Cl)s2)c2ccccn12. The zero-order valence-electron chi connectivity index (χ0n) is 19.8. The fourth-order valence-electron chi connectivity index (χ4n) is 4.39. The number of halogens is 1. The number of hydrogen-bond donors (Lipinski definition) is 1. The molecule has 0 unspecified atom stereocenters. The van der Waals surface area contributed by atoms with Crippen LogP contribution in [0.4, 0.5) is 5.69 Å². The lowest BCUT2D eigenvalue weighted by molar-refractivity contribution is -0.672. The minimum absolute atomic E-state index is 0.0221. The first-order valence-electron chi connectivity index (χ1n) is 11.5. The number of piperazine rings is 1. The molecule has 0 saturated carbocycles. The molecule has 1 N–H and O–H groups in total. The molecule has 0 spiro atoms. The summed E-state index contributed by atoms with van der Waals surface area (Å²) in [6.07, 6.45) is 3.25. The lowest BCUT2D eigenvalue weighted by Gasteiger charge is -2.33. The normalized spacial score (nSPS) is 15.2. The summed E-state index contributed by atoms with van der Waals surface area (Å²) < 4.78 is 30.8. The monoisotopic (exact) mass is 577 g/mol. The van der Waals surface area contributed by atoms with Gasteiger partial charge in [0, 0.05) is 57.1 Å². The standard InChI is InChI=1S/C23H21ClN6O6S2/c24-23-25-13-17(37-23)14-29-20-3-1-2-8-28(20)21(31)19(22(29)32)15-26-9-11-27(12-10-26)38(35,36)18-6-4-16(5-7-18)30(33)34/h1-8,13H,9-12,14-15H2/p+1. The van der Waals surface area contributed by atoms with Gasteiger partial charge >= 0.3 is 5.56 Å². The summed E-state index contributed by atoms with van der Waals surface area (Å²) in [7, 11) is -3.84. The molecule has 15 heteroatoms. The second-order valence-corrected chi connectivity index (χ2v) is 12.3. The largest absolute Gasteiger partial charge is 0.477 e. The average molecular weight is 578 g/mol. The molecule has 1 aliphatic rings. The first-order chi connectivity index (χ1) is 18.1. The average Bonchev–Trinajstić information content (AvgIpc) is 3.34. The van der Waals surface area contributed by atoms with Gasteiger partial charge in [0.05, 0.1) is 20.9 Å². The fraction of sp³-hybridized carbons (Fsp3) is 0.261. The summed E-state index contributed by atoms with van der Waals surface area (Å²) in [5, 5.41) is 22.1. The first kappa shape index (κ1) is 26.2. The highest BCUT2D eigenvalue weighted by Crippen LogP contribution is 2.23. The number of non-ortho nitro benzene ring substituents is 1. The molecule has 38 heavy (non-hydrogen) atoms. The number of nitro benzene ring substituents is 1. The predicted octanol–water partition coefficient (Wildman–Crippen LogP) is 1.87. The summed E-state index contributed by atoms with van der Waals surface area (Å²) in [6.45, 7) is 1.36. The topological polar surface area (TPSA) is 142 Å². The van der Waals surface area contributed by atoms with Crippen LogP contribution in [0.25, 0.3) is 5.65 Å². The molecule has 0 bridgehead atoms. The molecule has 1 saturated heterocycles. The van der Waals surface area contributed by atoms with Crippen molar-refractivity contribution >= 4 is 44.3 Å². The van der Waals surface area contributed by atoms with Crippen LogP contribution in [0.2, 0.25) is 4.47 Å². The molecule has 5 rings (SSSR count). The van der Waals surface area contributed by atoms with Gasteiger partial charge in [0.1, 0.15) is 12.1 Å². The van der Waals surface area contributed by atoms with Gasteiger partial charge in [-0.05, 0) is 18.2 Å². The maximum Gasteiger partial charge on any atom is 0.350 e. The van der Waals surface area contributed by atoms with Gasteiger partial charge in [0.25, 0.3) is 17.2 Å². The molecule has 1 fully saturated rings. The van der Waals surface area contributed by atoms with E-state index in [-0.39, 0.29) is 53.8 Å². The van der Waals surface area contributed by atoms with Gasteiger partial charge in [0.2, 0.25) is 10.0 Å². The van der Waals surface area contributed by atoms with Crippen molar-refractivity contribution in [2.24, 2.45) is 0 Å². The van der Waals surface area contributed by atoms with Gasteiger partial charge < -0.3 is 5.11 Å². The predicted molar refractivity (Wildman–Crippen MR) is 139 cm³/mol. The van der Waals surface area contributed by atoms with Gasteiger partial charge in [-0.2, -0.15) is 13.3 Å². The first-order valence-corrected chi connectivity index (χ1v) is 14.1. The molecular weight excluding hydrogens is 556 g/mol. The highest BCUT2D eigenvalue weighted by molar-refractivity contribution is 7.89. The van der Waals surface area contributed by atoms with E-state index in [1.807, 2.05) is 4.90 Å². The number of rotatable bonds is 7. The minimum Gasteiger partial charge on any atom is -0.477 e. The Morgan fingerprint density at radius 2 is 1.84 bits per heavy atom. The second-order valence-electron chi connectivity index (χ2n) is 8.63. The van der Waals surface area contributed by atoms with Crippen LogP contribution in [0, 0.1) is 10.1 Å². The molecule has 0 amide bonds. The van der Waals surface area contributed by atoms with Crippen LogP contribution >= 0.6 is 22.9 Å². The van der Waals surface area contributed by atoms with E-state index in [1.165, 1.54) is 32.2 Å². The van der Waals surface area contributed by atoms with Gasteiger partial charge in [-0.3, -0.25) is 15.0 Å². The molecule has 1 aromatic carbocycles. The molecule has 12 nitrogen and oxygen atoms in total. The highest BCUT2D eigenvalue weighted by Gasteiger charge is 2.31. The molecular formula is C23H22ClN6O6S2+. The Bertz CT molecular complexity index is 1680. The van der Waals surface area contributed by atoms with Crippen molar-refractivity contribution in [2.45, 2.75) is 18.0 Å². The van der Waals surface area contributed by atoms with Crippen molar-refractivity contribution in [3.05, 3.63) is 90.2 Å². The van der Waals surface area contributed by atoms with Crippen molar-refractivity contribution in [3.8, 4) is 5.88 Å². The lowest BCUT2D eigenvalue weighted by Crippen LogP contribution is -2.49. The zero-order valence-corrected chi connectivity index (χ0v) is 22.2. The van der Waals surface area contributed by atoms with Crippen molar-refractivity contribution in [3.63, 3.8) is 0 Å². The Hall–Kier alpha value is -3.43. The van der Waals surface area contributed by atoms with Crippen LogP contribution in [0.5, 0.6) is 5.88 Å². The number of thiazole rings is 1. The molecule has 1 aliphatic heterocycles. The summed E-state index contributed by atoms with van der Waals surface area (Å²) in [4.78, 5) is 30.3. The number of aromatic hydroxyl groups is 1. The van der Waals surface area contributed by atoms with E-state index in [2.05, 4.69) is 4.98 Å². The molecule has 4 heterocycles.